The van der Waals surface area contributed by atoms with Crippen molar-refractivity contribution < 1.29 is 0 Å². The molecule has 0 aromatic carbocycles. The summed E-state index contributed by atoms with van der Waals surface area (Å²) in [6.07, 6.45) is 2.45. The Balaban J connectivity index is 3.05. The summed E-state index contributed by atoms with van der Waals surface area (Å²) < 4.78 is 0. The number of halogens is 1. The molecule has 0 aromatic rings. The standard InChI is InChI=1S/C4H6ClN3/c5-3-1-2-4-7-8-6/h1,3H,2,4H2/b3-1+. The number of hydrogen-bond donors (Lipinski definition) is 0. The Hall–Kier alpha value is -0.660. The van der Waals surface area contributed by atoms with E-state index in [-0.39, 0.29) is 0 Å². The maximum absolute atomic E-state index is 7.77. The number of rotatable bonds is 3. The number of nitrogens with zero attached hydrogens (tertiary/aromatic N) is 3. The molecule has 0 N–H and O–H groups in total. The topological polar surface area (TPSA) is 48.8 Å². The predicted octanol–water partition coefficient (Wildman–Crippen LogP) is 2.44. The summed E-state index contributed by atoms with van der Waals surface area (Å²) in [6.45, 7) is 0.486. The quantitative estimate of drug-likeness (QED) is 0.245. The minimum atomic E-state index is 0.486. The molecule has 0 aliphatic heterocycles. The third kappa shape index (κ3) is 5.34. The van der Waals surface area contributed by atoms with Crippen LogP contribution < -0.4 is 0 Å². The van der Waals surface area contributed by atoms with Gasteiger partial charge in [0.2, 0.25) is 0 Å². The highest BCUT2D eigenvalue weighted by atomic mass is 35.5. The molecular weight excluding hydrogens is 126 g/mol. The molecule has 0 fully saturated rings. The van der Waals surface area contributed by atoms with E-state index in [1.807, 2.05) is 0 Å². The van der Waals surface area contributed by atoms with Crippen molar-refractivity contribution in [2.45, 2.75) is 6.42 Å². The minimum Gasteiger partial charge on any atom is -0.0937 e. The summed E-state index contributed by atoms with van der Waals surface area (Å²) in [5.41, 5.74) is 9.18. The molecule has 4 heteroatoms. The molecule has 0 radical (unpaired) electrons. The van der Waals surface area contributed by atoms with E-state index >= 15 is 0 Å². The van der Waals surface area contributed by atoms with E-state index in [1.54, 1.807) is 6.08 Å². The van der Waals surface area contributed by atoms with Crippen molar-refractivity contribution in [3.63, 3.8) is 0 Å². The van der Waals surface area contributed by atoms with E-state index in [4.69, 9.17) is 17.1 Å². The van der Waals surface area contributed by atoms with E-state index in [1.165, 1.54) is 5.54 Å². The van der Waals surface area contributed by atoms with Crippen LogP contribution in [0, 0.1) is 0 Å². The molecule has 0 bridgehead atoms. The Morgan fingerprint density at radius 3 is 3.00 bits per heavy atom. The van der Waals surface area contributed by atoms with Crippen LogP contribution in [0.15, 0.2) is 16.7 Å². The third-order valence-corrected chi connectivity index (χ3v) is 0.726. The molecule has 0 aliphatic carbocycles. The molecular formula is C4H6ClN3. The largest absolute Gasteiger partial charge is 0.0937 e. The average Bonchev–Trinajstić information content (AvgIpc) is 1.81. The molecule has 0 saturated carbocycles. The lowest BCUT2D eigenvalue weighted by molar-refractivity contribution is 0.994. The molecule has 44 valence electrons. The first-order valence-corrected chi connectivity index (χ1v) is 2.61. The SMILES string of the molecule is [N-]=[N+]=NCC/C=C/Cl. The summed E-state index contributed by atoms with van der Waals surface area (Å²) in [5.74, 6) is 0. The first kappa shape index (κ1) is 7.34. The zero-order valence-electron chi connectivity index (χ0n) is 4.29. The lowest BCUT2D eigenvalue weighted by Gasteiger charge is -1.77. The van der Waals surface area contributed by atoms with Crippen LogP contribution in [-0.2, 0) is 0 Å². The van der Waals surface area contributed by atoms with Gasteiger partial charge in [0, 0.05) is 17.0 Å². The van der Waals surface area contributed by atoms with Crippen LogP contribution in [0.2, 0.25) is 0 Å². The van der Waals surface area contributed by atoms with Crippen LogP contribution in [0.5, 0.6) is 0 Å². The minimum absolute atomic E-state index is 0.486. The molecule has 3 nitrogen and oxygen atoms in total. The van der Waals surface area contributed by atoms with Gasteiger partial charge in [-0.1, -0.05) is 22.8 Å². The fraction of sp³-hybridized carbons (Fsp3) is 0.500. The maximum atomic E-state index is 7.77. The van der Waals surface area contributed by atoms with Crippen LogP contribution in [0.1, 0.15) is 6.42 Å². The van der Waals surface area contributed by atoms with E-state index in [9.17, 15) is 0 Å². The molecule has 0 aliphatic rings. The number of azide groups is 1. The zero-order chi connectivity index (χ0) is 6.24. The predicted molar refractivity (Wildman–Crippen MR) is 33.6 cm³/mol. The van der Waals surface area contributed by atoms with Crippen molar-refractivity contribution in [2.24, 2.45) is 5.11 Å². The van der Waals surface area contributed by atoms with Gasteiger partial charge in [-0.15, -0.1) is 0 Å². The Labute approximate surface area is 52.6 Å². The van der Waals surface area contributed by atoms with Gasteiger partial charge in [0.1, 0.15) is 0 Å². The van der Waals surface area contributed by atoms with Crippen molar-refractivity contribution in [3.8, 4) is 0 Å². The molecule has 0 amide bonds. The normalized spacial score (nSPS) is 9.12. The molecule has 0 unspecified atom stereocenters. The third-order valence-electron chi connectivity index (χ3n) is 0.548. The van der Waals surface area contributed by atoms with Gasteiger partial charge in [0.25, 0.3) is 0 Å². The van der Waals surface area contributed by atoms with Crippen molar-refractivity contribution in [3.05, 3.63) is 22.1 Å². The van der Waals surface area contributed by atoms with Gasteiger partial charge in [-0.05, 0) is 12.0 Å². The Bertz CT molecular complexity index is 114. The Morgan fingerprint density at radius 1 is 1.75 bits per heavy atom. The Kier molecular flexibility index (Phi) is 5.82. The molecule has 0 aromatic heterocycles. The van der Waals surface area contributed by atoms with Crippen LogP contribution in [0.3, 0.4) is 0 Å². The van der Waals surface area contributed by atoms with Gasteiger partial charge in [0.15, 0.2) is 0 Å². The van der Waals surface area contributed by atoms with Gasteiger partial charge in [0.05, 0.1) is 0 Å². The smallest absolute Gasteiger partial charge is 0.0292 e. The highest BCUT2D eigenvalue weighted by Gasteiger charge is 1.72. The van der Waals surface area contributed by atoms with Crippen LogP contribution in [0.4, 0.5) is 0 Å². The van der Waals surface area contributed by atoms with Gasteiger partial charge in [-0.2, -0.15) is 0 Å². The summed E-state index contributed by atoms with van der Waals surface area (Å²) in [6, 6.07) is 0. The van der Waals surface area contributed by atoms with Crippen LogP contribution >= 0.6 is 11.6 Å². The fourth-order valence-electron chi connectivity index (χ4n) is 0.240. The van der Waals surface area contributed by atoms with E-state index < -0.39 is 0 Å². The Morgan fingerprint density at radius 2 is 2.50 bits per heavy atom. The van der Waals surface area contributed by atoms with E-state index in [0.717, 1.165) is 0 Å². The lowest BCUT2D eigenvalue weighted by atomic mass is 10.4. The van der Waals surface area contributed by atoms with Gasteiger partial charge in [-0.25, -0.2) is 0 Å². The fourth-order valence-corrected chi connectivity index (χ4v) is 0.366. The molecule has 0 saturated heterocycles. The van der Waals surface area contributed by atoms with Gasteiger partial charge in [-0.3, -0.25) is 0 Å². The van der Waals surface area contributed by atoms with E-state index in [2.05, 4.69) is 10.0 Å². The highest BCUT2D eigenvalue weighted by molar-refractivity contribution is 6.25. The highest BCUT2D eigenvalue weighted by Crippen LogP contribution is 1.85. The van der Waals surface area contributed by atoms with Gasteiger partial charge >= 0.3 is 0 Å². The lowest BCUT2D eigenvalue weighted by Crippen LogP contribution is -1.69. The van der Waals surface area contributed by atoms with Crippen molar-refractivity contribution >= 4 is 11.6 Å². The average molecular weight is 132 g/mol. The molecule has 8 heavy (non-hydrogen) atoms. The summed E-state index contributed by atoms with van der Waals surface area (Å²) in [7, 11) is 0. The second kappa shape index (κ2) is 6.34. The van der Waals surface area contributed by atoms with Crippen molar-refractivity contribution in [1.82, 2.24) is 0 Å². The summed E-state index contributed by atoms with van der Waals surface area (Å²) in [5, 5.41) is 3.28. The van der Waals surface area contributed by atoms with E-state index in [0.29, 0.717) is 13.0 Å². The van der Waals surface area contributed by atoms with Crippen molar-refractivity contribution in [1.29, 1.82) is 0 Å². The molecule has 0 atom stereocenters. The zero-order valence-corrected chi connectivity index (χ0v) is 5.04. The van der Waals surface area contributed by atoms with Crippen LogP contribution in [-0.4, -0.2) is 6.54 Å². The van der Waals surface area contributed by atoms with Gasteiger partial charge < -0.3 is 0 Å². The molecule has 0 heterocycles. The molecule has 0 rings (SSSR count). The second-order valence-corrected chi connectivity index (χ2v) is 1.36. The first-order chi connectivity index (χ1) is 3.91. The maximum Gasteiger partial charge on any atom is 0.0292 e. The number of hydrogen-bond acceptors (Lipinski definition) is 1. The molecule has 0 spiro atoms. The first-order valence-electron chi connectivity index (χ1n) is 2.18. The summed E-state index contributed by atoms with van der Waals surface area (Å²) >= 11 is 5.17. The second-order valence-electron chi connectivity index (χ2n) is 1.10. The summed E-state index contributed by atoms with van der Waals surface area (Å²) in [4.78, 5) is 2.56. The van der Waals surface area contributed by atoms with Crippen LogP contribution in [0.25, 0.3) is 10.4 Å². The van der Waals surface area contributed by atoms with Crippen molar-refractivity contribution in [2.75, 3.05) is 6.54 Å². The monoisotopic (exact) mass is 131 g/mol.